The van der Waals surface area contributed by atoms with Gasteiger partial charge in [-0.25, -0.2) is 4.39 Å². The summed E-state index contributed by atoms with van der Waals surface area (Å²) in [6, 6.07) is 6.33. The number of aromatic nitrogens is 2. The van der Waals surface area contributed by atoms with Crippen LogP contribution in [-0.2, 0) is 6.42 Å². The first-order chi connectivity index (χ1) is 8.31. The molecule has 0 aliphatic rings. The molecule has 1 N–H and O–H groups in total. The zero-order valence-corrected chi connectivity index (χ0v) is 8.92. The third-order valence-corrected chi connectivity index (χ3v) is 2.30. The molecule has 0 aliphatic heterocycles. The molecule has 1 aromatic carbocycles. The monoisotopic (exact) mass is 231 g/mol. The number of benzene rings is 1. The van der Waals surface area contributed by atoms with Crippen LogP contribution in [0.4, 0.5) is 4.39 Å². The second kappa shape index (κ2) is 5.16. The van der Waals surface area contributed by atoms with Crippen LogP contribution in [0.15, 0.2) is 48.0 Å². The molecular weight excluding hydrogens is 221 g/mol. The first-order valence-electron chi connectivity index (χ1n) is 5.02. The number of hydrogen-bond donors (Lipinski definition) is 1. The van der Waals surface area contributed by atoms with Crippen molar-refractivity contribution in [3.8, 4) is 0 Å². The van der Waals surface area contributed by atoms with Gasteiger partial charge in [0.1, 0.15) is 17.2 Å². The van der Waals surface area contributed by atoms with Crippen LogP contribution in [0.3, 0.4) is 0 Å². The Hall–Kier alpha value is -2.30. The number of oxime groups is 1. The molecule has 17 heavy (non-hydrogen) atoms. The zero-order valence-electron chi connectivity index (χ0n) is 8.92. The molecule has 0 radical (unpaired) electrons. The SMILES string of the molecule is O/N=C(\Cc1ccccc1F)c1cnccn1. The molecule has 0 bridgehead atoms. The molecule has 0 unspecified atom stereocenters. The van der Waals surface area contributed by atoms with Crippen LogP contribution in [0.1, 0.15) is 11.3 Å². The molecule has 0 amide bonds. The van der Waals surface area contributed by atoms with E-state index in [-0.39, 0.29) is 17.9 Å². The summed E-state index contributed by atoms with van der Waals surface area (Å²) in [4.78, 5) is 7.87. The van der Waals surface area contributed by atoms with E-state index < -0.39 is 0 Å². The Morgan fingerprint density at radius 3 is 2.76 bits per heavy atom. The van der Waals surface area contributed by atoms with Crippen molar-refractivity contribution in [3.05, 3.63) is 59.9 Å². The van der Waals surface area contributed by atoms with Crippen molar-refractivity contribution < 1.29 is 9.60 Å². The number of nitrogens with zero attached hydrogens (tertiary/aromatic N) is 3. The third-order valence-electron chi connectivity index (χ3n) is 2.30. The average Bonchev–Trinajstić information content (AvgIpc) is 2.39. The summed E-state index contributed by atoms with van der Waals surface area (Å²) < 4.78 is 13.4. The zero-order chi connectivity index (χ0) is 12.1. The predicted molar refractivity (Wildman–Crippen MR) is 60.5 cm³/mol. The van der Waals surface area contributed by atoms with E-state index in [1.807, 2.05) is 0 Å². The molecule has 0 saturated carbocycles. The van der Waals surface area contributed by atoms with Gasteiger partial charge < -0.3 is 5.21 Å². The molecule has 86 valence electrons. The first-order valence-corrected chi connectivity index (χ1v) is 5.02. The topological polar surface area (TPSA) is 58.4 Å². The summed E-state index contributed by atoms with van der Waals surface area (Å²) in [7, 11) is 0. The van der Waals surface area contributed by atoms with Gasteiger partial charge in [0.25, 0.3) is 0 Å². The molecule has 4 nitrogen and oxygen atoms in total. The molecule has 0 atom stereocenters. The Labute approximate surface area is 97.5 Å². The molecule has 0 aliphatic carbocycles. The minimum atomic E-state index is -0.336. The average molecular weight is 231 g/mol. The summed E-state index contributed by atoms with van der Waals surface area (Å²) >= 11 is 0. The van der Waals surface area contributed by atoms with Crippen molar-refractivity contribution in [2.24, 2.45) is 5.16 Å². The lowest BCUT2D eigenvalue weighted by Gasteiger charge is -2.04. The number of halogens is 1. The summed E-state index contributed by atoms with van der Waals surface area (Å²) in [5.74, 6) is -0.336. The fourth-order valence-electron chi connectivity index (χ4n) is 1.45. The van der Waals surface area contributed by atoms with E-state index in [0.717, 1.165) is 0 Å². The van der Waals surface area contributed by atoms with Gasteiger partial charge in [0, 0.05) is 18.8 Å². The summed E-state index contributed by atoms with van der Waals surface area (Å²) in [6.07, 6.45) is 4.64. The Bertz CT molecular complexity index is 528. The van der Waals surface area contributed by atoms with E-state index >= 15 is 0 Å². The second-order valence-corrected chi connectivity index (χ2v) is 3.41. The highest BCUT2D eigenvalue weighted by Gasteiger charge is 2.10. The van der Waals surface area contributed by atoms with Crippen molar-refractivity contribution in [1.82, 2.24) is 9.97 Å². The van der Waals surface area contributed by atoms with Gasteiger partial charge in [-0.15, -0.1) is 0 Å². The molecule has 0 spiro atoms. The molecule has 1 aromatic heterocycles. The van der Waals surface area contributed by atoms with E-state index in [1.54, 1.807) is 18.2 Å². The lowest BCUT2D eigenvalue weighted by molar-refractivity contribution is 0.318. The Kier molecular flexibility index (Phi) is 3.40. The normalized spacial score (nSPS) is 11.5. The van der Waals surface area contributed by atoms with Crippen LogP contribution in [-0.4, -0.2) is 20.9 Å². The van der Waals surface area contributed by atoms with Crippen LogP contribution in [0.2, 0.25) is 0 Å². The minimum absolute atomic E-state index is 0.169. The molecule has 0 saturated heterocycles. The highest BCUT2D eigenvalue weighted by atomic mass is 19.1. The highest BCUT2D eigenvalue weighted by molar-refractivity contribution is 5.99. The fourth-order valence-corrected chi connectivity index (χ4v) is 1.45. The standard InChI is InChI=1S/C12H10FN3O/c13-10-4-2-1-3-9(10)7-11(16-17)12-8-14-5-6-15-12/h1-6,8,17H,7H2/b16-11+. The lowest BCUT2D eigenvalue weighted by atomic mass is 10.1. The maximum Gasteiger partial charge on any atom is 0.126 e. The van der Waals surface area contributed by atoms with E-state index in [4.69, 9.17) is 5.21 Å². The summed E-state index contributed by atoms with van der Waals surface area (Å²) in [6.45, 7) is 0. The van der Waals surface area contributed by atoms with Gasteiger partial charge in [-0.1, -0.05) is 23.4 Å². The Morgan fingerprint density at radius 2 is 2.12 bits per heavy atom. The van der Waals surface area contributed by atoms with Crippen molar-refractivity contribution in [2.75, 3.05) is 0 Å². The molecular formula is C12H10FN3O. The third kappa shape index (κ3) is 2.63. The van der Waals surface area contributed by atoms with Crippen molar-refractivity contribution in [2.45, 2.75) is 6.42 Å². The van der Waals surface area contributed by atoms with Crippen LogP contribution in [0.25, 0.3) is 0 Å². The minimum Gasteiger partial charge on any atom is -0.411 e. The van der Waals surface area contributed by atoms with E-state index in [0.29, 0.717) is 11.3 Å². The van der Waals surface area contributed by atoms with Gasteiger partial charge >= 0.3 is 0 Å². The van der Waals surface area contributed by atoms with Gasteiger partial charge in [0.15, 0.2) is 0 Å². The van der Waals surface area contributed by atoms with Crippen molar-refractivity contribution in [3.63, 3.8) is 0 Å². The highest BCUT2D eigenvalue weighted by Crippen LogP contribution is 2.10. The van der Waals surface area contributed by atoms with Crippen LogP contribution in [0, 0.1) is 5.82 Å². The van der Waals surface area contributed by atoms with Crippen molar-refractivity contribution >= 4 is 5.71 Å². The Morgan fingerprint density at radius 1 is 1.29 bits per heavy atom. The van der Waals surface area contributed by atoms with Gasteiger partial charge in [-0.3, -0.25) is 9.97 Å². The van der Waals surface area contributed by atoms with Gasteiger partial charge in [0.05, 0.1) is 6.20 Å². The maximum absolute atomic E-state index is 13.4. The molecule has 1 heterocycles. The van der Waals surface area contributed by atoms with Crippen molar-refractivity contribution in [1.29, 1.82) is 0 Å². The van der Waals surface area contributed by atoms with E-state index in [2.05, 4.69) is 15.1 Å². The molecule has 5 heteroatoms. The molecule has 2 aromatic rings. The quantitative estimate of drug-likeness (QED) is 0.499. The fraction of sp³-hybridized carbons (Fsp3) is 0.0833. The van der Waals surface area contributed by atoms with Gasteiger partial charge in [-0.2, -0.15) is 0 Å². The van der Waals surface area contributed by atoms with Crippen LogP contribution in [0.5, 0.6) is 0 Å². The number of rotatable bonds is 3. The van der Waals surface area contributed by atoms with Crippen LogP contribution >= 0.6 is 0 Å². The van der Waals surface area contributed by atoms with Gasteiger partial charge in [0.2, 0.25) is 0 Å². The summed E-state index contributed by atoms with van der Waals surface area (Å²) in [5, 5.41) is 12.1. The Balaban J connectivity index is 2.26. The lowest BCUT2D eigenvalue weighted by Crippen LogP contribution is -2.09. The summed E-state index contributed by atoms with van der Waals surface area (Å²) in [5.41, 5.74) is 1.16. The second-order valence-electron chi connectivity index (χ2n) is 3.41. The molecule has 2 rings (SSSR count). The van der Waals surface area contributed by atoms with E-state index in [9.17, 15) is 4.39 Å². The smallest absolute Gasteiger partial charge is 0.126 e. The van der Waals surface area contributed by atoms with E-state index in [1.165, 1.54) is 24.7 Å². The van der Waals surface area contributed by atoms with Gasteiger partial charge in [-0.05, 0) is 11.6 Å². The largest absolute Gasteiger partial charge is 0.411 e. The number of hydrogen-bond acceptors (Lipinski definition) is 4. The van der Waals surface area contributed by atoms with Crippen LogP contribution < -0.4 is 0 Å². The molecule has 0 fully saturated rings. The maximum atomic E-state index is 13.4. The predicted octanol–water partition coefficient (Wildman–Crippen LogP) is 2.04. The first kappa shape index (κ1) is 11.2.